The molecule has 1 heterocycles. The van der Waals surface area contributed by atoms with Gasteiger partial charge in [-0.05, 0) is 49.1 Å². The number of benzene rings is 2. The molecule has 1 aliphatic rings. The third-order valence-electron chi connectivity index (χ3n) is 4.63. The van der Waals surface area contributed by atoms with Crippen molar-refractivity contribution in [2.75, 3.05) is 24.5 Å². The molecule has 5 heteroatoms. The van der Waals surface area contributed by atoms with Crippen molar-refractivity contribution in [1.82, 2.24) is 5.32 Å². The number of fused-ring (bicyclic) bond motifs is 1. The smallest absolute Gasteiger partial charge is 0.261 e. The zero-order chi connectivity index (χ0) is 18.4. The minimum absolute atomic E-state index is 0.0747. The van der Waals surface area contributed by atoms with Crippen LogP contribution < -0.4 is 15.0 Å². The highest BCUT2D eigenvalue weighted by Crippen LogP contribution is 2.27. The first kappa shape index (κ1) is 18.6. The molecule has 3 rings (SSSR count). The first-order valence-corrected chi connectivity index (χ1v) is 9.58. The van der Waals surface area contributed by atoms with Crippen molar-refractivity contribution in [2.24, 2.45) is 0 Å². The molecule has 1 amide bonds. The fourth-order valence-electron chi connectivity index (χ4n) is 3.26. The summed E-state index contributed by atoms with van der Waals surface area (Å²) in [6.07, 6.45) is 2.13. The second kappa shape index (κ2) is 8.95. The molecular formula is C21H25ClN2O2. The van der Waals surface area contributed by atoms with E-state index in [9.17, 15) is 4.79 Å². The highest BCUT2D eigenvalue weighted by molar-refractivity contribution is 6.30. The standard InChI is InChI=1S/C21H25ClN2O2/c1-2-20(26-18-9-5-8-17(22)15-18)21(25)23-12-6-13-24-14-11-16-7-3-4-10-19(16)24/h3-5,7-10,15,20H,2,6,11-14H2,1H3,(H,23,25). The number of hydrogen-bond acceptors (Lipinski definition) is 3. The Labute approximate surface area is 160 Å². The van der Waals surface area contributed by atoms with Gasteiger partial charge >= 0.3 is 0 Å². The number of carbonyl (C=O) groups is 1. The first-order chi connectivity index (χ1) is 12.7. The van der Waals surface area contributed by atoms with Crippen LogP contribution in [0.4, 0.5) is 5.69 Å². The molecule has 1 atom stereocenters. The Kier molecular flexibility index (Phi) is 6.40. The maximum Gasteiger partial charge on any atom is 0.261 e. The fraction of sp³-hybridized carbons (Fsp3) is 0.381. The summed E-state index contributed by atoms with van der Waals surface area (Å²) in [6.45, 7) is 4.59. The zero-order valence-electron chi connectivity index (χ0n) is 15.1. The summed E-state index contributed by atoms with van der Waals surface area (Å²) in [5.74, 6) is 0.544. The van der Waals surface area contributed by atoms with E-state index in [0.717, 1.165) is 25.9 Å². The molecule has 2 aromatic carbocycles. The Morgan fingerprint density at radius 1 is 1.27 bits per heavy atom. The van der Waals surface area contributed by atoms with Gasteiger partial charge in [0.1, 0.15) is 5.75 Å². The molecule has 4 nitrogen and oxygen atoms in total. The van der Waals surface area contributed by atoms with E-state index in [-0.39, 0.29) is 5.91 Å². The number of anilines is 1. The van der Waals surface area contributed by atoms with Gasteiger partial charge in [-0.1, -0.05) is 42.8 Å². The van der Waals surface area contributed by atoms with Crippen LogP contribution in [0.3, 0.4) is 0 Å². The molecule has 0 saturated carbocycles. The summed E-state index contributed by atoms with van der Waals surface area (Å²) in [4.78, 5) is 14.8. The van der Waals surface area contributed by atoms with Gasteiger partial charge in [0.05, 0.1) is 0 Å². The van der Waals surface area contributed by atoms with E-state index in [1.165, 1.54) is 11.3 Å². The van der Waals surface area contributed by atoms with Crippen LogP contribution in [0, 0.1) is 0 Å². The predicted molar refractivity (Wildman–Crippen MR) is 106 cm³/mol. The van der Waals surface area contributed by atoms with E-state index in [4.69, 9.17) is 16.3 Å². The van der Waals surface area contributed by atoms with Gasteiger partial charge in [0.25, 0.3) is 5.91 Å². The molecule has 1 aliphatic heterocycles. The number of carbonyl (C=O) groups excluding carboxylic acids is 1. The highest BCUT2D eigenvalue weighted by atomic mass is 35.5. The van der Waals surface area contributed by atoms with E-state index >= 15 is 0 Å². The minimum Gasteiger partial charge on any atom is -0.481 e. The van der Waals surface area contributed by atoms with Crippen molar-refractivity contribution in [3.63, 3.8) is 0 Å². The van der Waals surface area contributed by atoms with Crippen molar-refractivity contribution in [2.45, 2.75) is 32.3 Å². The molecule has 2 aromatic rings. The SMILES string of the molecule is CCC(Oc1cccc(Cl)c1)C(=O)NCCCN1CCc2ccccc21. The maximum atomic E-state index is 12.4. The molecule has 0 fully saturated rings. The number of amides is 1. The lowest BCUT2D eigenvalue weighted by Crippen LogP contribution is -2.39. The summed E-state index contributed by atoms with van der Waals surface area (Å²) < 4.78 is 5.78. The van der Waals surface area contributed by atoms with Crippen LogP contribution in [-0.4, -0.2) is 31.6 Å². The average molecular weight is 373 g/mol. The largest absolute Gasteiger partial charge is 0.481 e. The van der Waals surface area contributed by atoms with Crippen LogP contribution in [0.25, 0.3) is 0 Å². The topological polar surface area (TPSA) is 41.6 Å². The Bertz CT molecular complexity index is 750. The summed E-state index contributed by atoms with van der Waals surface area (Å²) in [7, 11) is 0. The number of nitrogens with one attached hydrogen (secondary N) is 1. The second-order valence-electron chi connectivity index (χ2n) is 6.48. The highest BCUT2D eigenvalue weighted by Gasteiger charge is 2.19. The molecule has 0 bridgehead atoms. The lowest BCUT2D eigenvalue weighted by molar-refractivity contribution is -0.128. The average Bonchev–Trinajstić information content (AvgIpc) is 3.06. The van der Waals surface area contributed by atoms with Crippen LogP contribution in [-0.2, 0) is 11.2 Å². The monoisotopic (exact) mass is 372 g/mol. The van der Waals surface area contributed by atoms with Crippen LogP contribution in [0.2, 0.25) is 5.02 Å². The van der Waals surface area contributed by atoms with Gasteiger partial charge in [-0.15, -0.1) is 0 Å². The van der Waals surface area contributed by atoms with Gasteiger partial charge < -0.3 is 15.0 Å². The quantitative estimate of drug-likeness (QED) is 0.710. The maximum absolute atomic E-state index is 12.4. The van der Waals surface area contributed by atoms with Crippen LogP contribution >= 0.6 is 11.6 Å². The predicted octanol–water partition coefficient (Wildman–Crippen LogP) is 4.07. The minimum atomic E-state index is -0.499. The fourth-order valence-corrected chi connectivity index (χ4v) is 3.44. The lowest BCUT2D eigenvalue weighted by atomic mass is 10.2. The second-order valence-corrected chi connectivity index (χ2v) is 6.92. The molecule has 0 radical (unpaired) electrons. The molecule has 1 N–H and O–H groups in total. The van der Waals surface area contributed by atoms with Gasteiger partial charge in [-0.25, -0.2) is 0 Å². The van der Waals surface area contributed by atoms with Gasteiger partial charge in [0.2, 0.25) is 0 Å². The normalized spacial score (nSPS) is 14.0. The van der Waals surface area contributed by atoms with E-state index < -0.39 is 6.10 Å². The molecule has 1 unspecified atom stereocenters. The van der Waals surface area contributed by atoms with Gasteiger partial charge in [0.15, 0.2) is 6.10 Å². The Morgan fingerprint density at radius 3 is 2.92 bits per heavy atom. The Morgan fingerprint density at radius 2 is 2.12 bits per heavy atom. The lowest BCUT2D eigenvalue weighted by Gasteiger charge is -2.20. The van der Waals surface area contributed by atoms with Gasteiger partial charge in [0, 0.05) is 30.3 Å². The summed E-state index contributed by atoms with van der Waals surface area (Å²) in [5.41, 5.74) is 2.74. The van der Waals surface area contributed by atoms with Crippen molar-refractivity contribution >= 4 is 23.2 Å². The number of para-hydroxylation sites is 1. The zero-order valence-corrected chi connectivity index (χ0v) is 15.8. The van der Waals surface area contributed by atoms with E-state index in [1.807, 2.05) is 19.1 Å². The van der Waals surface area contributed by atoms with Crippen molar-refractivity contribution in [3.8, 4) is 5.75 Å². The number of rotatable bonds is 8. The molecule has 0 aliphatic carbocycles. The molecular weight excluding hydrogens is 348 g/mol. The molecule has 26 heavy (non-hydrogen) atoms. The molecule has 0 aromatic heterocycles. The van der Waals surface area contributed by atoms with Crippen molar-refractivity contribution in [1.29, 1.82) is 0 Å². The van der Waals surface area contributed by atoms with Gasteiger partial charge in [-0.2, -0.15) is 0 Å². The molecule has 138 valence electrons. The van der Waals surface area contributed by atoms with Gasteiger partial charge in [-0.3, -0.25) is 4.79 Å². The summed E-state index contributed by atoms with van der Waals surface area (Å²) in [6, 6.07) is 15.7. The third kappa shape index (κ3) is 4.70. The van der Waals surface area contributed by atoms with E-state index in [1.54, 1.807) is 12.1 Å². The van der Waals surface area contributed by atoms with Crippen molar-refractivity contribution in [3.05, 3.63) is 59.1 Å². The van der Waals surface area contributed by atoms with Crippen molar-refractivity contribution < 1.29 is 9.53 Å². The number of nitrogens with zero attached hydrogens (tertiary/aromatic N) is 1. The number of ether oxygens (including phenoxy) is 1. The molecule has 0 spiro atoms. The number of hydrogen-bond donors (Lipinski definition) is 1. The number of halogens is 1. The first-order valence-electron chi connectivity index (χ1n) is 9.20. The third-order valence-corrected chi connectivity index (χ3v) is 4.86. The van der Waals surface area contributed by atoms with Crippen LogP contribution in [0.5, 0.6) is 5.75 Å². The van der Waals surface area contributed by atoms with Crippen LogP contribution in [0.15, 0.2) is 48.5 Å². The summed E-state index contributed by atoms with van der Waals surface area (Å²) in [5, 5.41) is 3.59. The molecule has 0 saturated heterocycles. The van der Waals surface area contributed by atoms with Crippen LogP contribution in [0.1, 0.15) is 25.3 Å². The Hall–Kier alpha value is -2.20. The summed E-state index contributed by atoms with van der Waals surface area (Å²) >= 11 is 5.97. The van der Waals surface area contributed by atoms with E-state index in [0.29, 0.717) is 23.7 Å². The Balaban J connectivity index is 1.43. The van der Waals surface area contributed by atoms with E-state index in [2.05, 4.69) is 34.5 Å².